The van der Waals surface area contributed by atoms with Gasteiger partial charge in [-0.2, -0.15) is 9.57 Å². The Morgan fingerprint density at radius 2 is 1.96 bits per heavy atom. The number of carbonyl (C=O) groups excluding carboxylic acids is 1. The molecule has 2 rings (SSSR count). The Morgan fingerprint density at radius 3 is 2.61 bits per heavy atom. The molecular weight excluding hydrogens is 380 g/mol. The highest BCUT2D eigenvalue weighted by Gasteiger charge is 2.26. The Labute approximate surface area is 164 Å². The summed E-state index contributed by atoms with van der Waals surface area (Å²) in [5.74, 6) is -0.724. The number of phenolic OH excluding ortho intramolecular Hbond substituents is 1. The van der Waals surface area contributed by atoms with Crippen molar-refractivity contribution in [3.8, 4) is 11.8 Å². The van der Waals surface area contributed by atoms with E-state index in [1.165, 1.54) is 24.3 Å². The van der Waals surface area contributed by atoms with Crippen molar-refractivity contribution in [2.75, 3.05) is 19.7 Å². The number of nitriles is 1. The van der Waals surface area contributed by atoms with Crippen LogP contribution in [0.15, 0.2) is 59.5 Å². The minimum Gasteiger partial charge on any atom is -0.508 e. The van der Waals surface area contributed by atoms with Gasteiger partial charge < -0.3 is 9.84 Å². The van der Waals surface area contributed by atoms with Crippen LogP contribution in [0.4, 0.5) is 0 Å². The largest absolute Gasteiger partial charge is 0.508 e. The first-order valence-corrected chi connectivity index (χ1v) is 9.92. The normalized spacial score (nSPS) is 11.5. The zero-order valence-electron chi connectivity index (χ0n) is 15.3. The third-order valence-corrected chi connectivity index (χ3v) is 5.55. The van der Waals surface area contributed by atoms with E-state index in [4.69, 9.17) is 10.00 Å². The summed E-state index contributed by atoms with van der Waals surface area (Å²) in [7, 11) is -3.98. The van der Waals surface area contributed by atoms with Crippen molar-refractivity contribution in [2.45, 2.75) is 11.8 Å². The van der Waals surface area contributed by atoms with Crippen LogP contribution in [0, 0.1) is 11.3 Å². The van der Waals surface area contributed by atoms with Gasteiger partial charge in [-0.25, -0.2) is 8.42 Å². The van der Waals surface area contributed by atoms with Crippen molar-refractivity contribution in [2.24, 2.45) is 0 Å². The molecule has 0 saturated heterocycles. The summed E-state index contributed by atoms with van der Waals surface area (Å²) in [4.78, 5) is 11.8. The van der Waals surface area contributed by atoms with Gasteiger partial charge in [0.15, 0.2) is 0 Å². The van der Waals surface area contributed by atoms with Gasteiger partial charge in [-0.3, -0.25) is 4.79 Å². The topological polar surface area (TPSA) is 108 Å². The number of aromatic hydroxyl groups is 1. The summed E-state index contributed by atoms with van der Waals surface area (Å²) in [6.45, 7) is 1.26. The van der Waals surface area contributed by atoms with Crippen LogP contribution in [-0.2, 0) is 19.6 Å². The highest BCUT2D eigenvalue weighted by atomic mass is 32.2. The summed E-state index contributed by atoms with van der Waals surface area (Å²) in [5, 5.41) is 18.3. The summed E-state index contributed by atoms with van der Waals surface area (Å²) in [5.41, 5.74) is 1.22. The molecule has 0 spiro atoms. The van der Waals surface area contributed by atoms with Crippen molar-refractivity contribution >= 4 is 22.1 Å². The minimum atomic E-state index is -3.98. The lowest BCUT2D eigenvalue weighted by Gasteiger charge is -2.20. The fraction of sp³-hybridized carbons (Fsp3) is 0.200. The van der Waals surface area contributed by atoms with Crippen molar-refractivity contribution in [3.05, 3.63) is 65.7 Å². The second-order valence-electron chi connectivity index (χ2n) is 5.74. The molecule has 1 N–H and O–H groups in total. The zero-order valence-corrected chi connectivity index (χ0v) is 16.1. The van der Waals surface area contributed by atoms with E-state index in [-0.39, 0.29) is 23.8 Å². The van der Waals surface area contributed by atoms with Gasteiger partial charge >= 0.3 is 5.97 Å². The van der Waals surface area contributed by atoms with Gasteiger partial charge in [0, 0.05) is 6.54 Å². The van der Waals surface area contributed by atoms with Crippen LogP contribution >= 0.6 is 0 Å². The van der Waals surface area contributed by atoms with Crippen LogP contribution < -0.4 is 0 Å². The van der Waals surface area contributed by atoms with Crippen LogP contribution in [0.3, 0.4) is 0 Å². The number of hydrogen-bond donors (Lipinski definition) is 1. The van der Waals surface area contributed by atoms with E-state index in [9.17, 15) is 18.3 Å². The maximum Gasteiger partial charge on any atom is 0.321 e. The number of rotatable bonds is 8. The predicted molar refractivity (Wildman–Crippen MR) is 104 cm³/mol. The van der Waals surface area contributed by atoms with Gasteiger partial charge in [0.2, 0.25) is 10.0 Å². The van der Waals surface area contributed by atoms with E-state index < -0.39 is 22.5 Å². The van der Waals surface area contributed by atoms with Crippen LogP contribution in [0.25, 0.3) is 6.08 Å². The van der Waals surface area contributed by atoms with E-state index >= 15 is 0 Å². The summed E-state index contributed by atoms with van der Waals surface area (Å²) in [6, 6.07) is 13.9. The minimum absolute atomic E-state index is 0.0468. The molecule has 0 fully saturated rings. The number of ether oxygens (including phenoxy) is 1. The average molecular weight is 400 g/mol. The highest BCUT2D eigenvalue weighted by molar-refractivity contribution is 7.89. The summed E-state index contributed by atoms with van der Waals surface area (Å²) < 4.78 is 31.6. The molecular formula is C20H20N2O5S. The molecule has 0 radical (unpaired) electrons. The molecule has 0 aliphatic rings. The molecule has 2 aromatic carbocycles. The predicted octanol–water partition coefficient (Wildman–Crippen LogP) is 2.53. The average Bonchev–Trinajstić information content (AvgIpc) is 2.68. The SMILES string of the molecule is CCOC(=O)CN(C/C=C/c1cccc(C#N)c1)S(=O)(=O)c1ccc(O)cc1. The van der Waals surface area contributed by atoms with Crippen LogP contribution in [0.1, 0.15) is 18.1 Å². The number of carbonyl (C=O) groups is 1. The standard InChI is InChI=1S/C20H20N2O5S/c1-2-27-20(24)15-22(28(25,26)19-10-8-18(23)9-11-19)12-4-7-16-5-3-6-17(13-16)14-21/h3-11,13,23H,2,12,15H2,1H3/b7-4+. The summed E-state index contributed by atoms with van der Waals surface area (Å²) in [6.07, 6.45) is 3.26. The molecule has 28 heavy (non-hydrogen) atoms. The van der Waals surface area contributed by atoms with Crippen LogP contribution in [0.2, 0.25) is 0 Å². The lowest BCUT2D eigenvalue weighted by atomic mass is 10.1. The quantitative estimate of drug-likeness (QED) is 0.682. The number of phenols is 1. The van der Waals surface area contributed by atoms with E-state index in [1.54, 1.807) is 43.3 Å². The number of sulfonamides is 1. The Balaban J connectivity index is 2.25. The van der Waals surface area contributed by atoms with Gasteiger partial charge in [-0.1, -0.05) is 24.3 Å². The molecule has 0 amide bonds. The van der Waals surface area contributed by atoms with Crippen molar-refractivity contribution in [3.63, 3.8) is 0 Å². The molecule has 0 bridgehead atoms. The number of benzene rings is 2. The molecule has 0 heterocycles. The zero-order chi connectivity index (χ0) is 20.6. The van der Waals surface area contributed by atoms with Gasteiger partial charge in [0.05, 0.1) is 23.1 Å². The molecule has 0 aromatic heterocycles. The molecule has 146 valence electrons. The first-order valence-electron chi connectivity index (χ1n) is 8.48. The highest BCUT2D eigenvalue weighted by Crippen LogP contribution is 2.19. The first-order chi connectivity index (χ1) is 13.4. The van der Waals surface area contributed by atoms with E-state index in [1.807, 2.05) is 6.07 Å². The lowest BCUT2D eigenvalue weighted by Crippen LogP contribution is -2.36. The molecule has 0 unspecified atom stereocenters. The number of hydrogen-bond acceptors (Lipinski definition) is 6. The lowest BCUT2D eigenvalue weighted by molar-refractivity contribution is -0.143. The monoisotopic (exact) mass is 400 g/mol. The van der Waals surface area contributed by atoms with Crippen LogP contribution in [0.5, 0.6) is 5.75 Å². The van der Waals surface area contributed by atoms with Crippen molar-refractivity contribution < 1.29 is 23.1 Å². The van der Waals surface area contributed by atoms with Gasteiger partial charge in [0.1, 0.15) is 12.3 Å². The Kier molecular flexibility index (Phi) is 7.32. The molecule has 7 nitrogen and oxygen atoms in total. The van der Waals surface area contributed by atoms with Gasteiger partial charge in [-0.05, 0) is 48.9 Å². The van der Waals surface area contributed by atoms with Crippen molar-refractivity contribution in [1.82, 2.24) is 4.31 Å². The van der Waals surface area contributed by atoms with E-state index in [0.717, 1.165) is 9.87 Å². The number of nitrogens with zero attached hydrogens (tertiary/aromatic N) is 2. The number of esters is 1. The smallest absolute Gasteiger partial charge is 0.321 e. The second-order valence-corrected chi connectivity index (χ2v) is 7.67. The van der Waals surface area contributed by atoms with Gasteiger partial charge in [-0.15, -0.1) is 0 Å². The molecule has 8 heteroatoms. The molecule has 0 saturated carbocycles. The maximum atomic E-state index is 12.9. The first kappa shape index (κ1) is 21.2. The molecule has 0 aliphatic heterocycles. The van der Waals surface area contributed by atoms with Crippen LogP contribution in [-0.4, -0.2) is 43.5 Å². The van der Waals surface area contributed by atoms with Crippen molar-refractivity contribution in [1.29, 1.82) is 5.26 Å². The van der Waals surface area contributed by atoms with Gasteiger partial charge in [0.25, 0.3) is 0 Å². The third kappa shape index (κ3) is 5.67. The molecule has 0 aliphatic carbocycles. The molecule has 2 aromatic rings. The van der Waals surface area contributed by atoms with E-state index in [2.05, 4.69) is 0 Å². The van der Waals surface area contributed by atoms with E-state index in [0.29, 0.717) is 5.56 Å². The second kappa shape index (κ2) is 9.69. The molecule has 0 atom stereocenters. The fourth-order valence-electron chi connectivity index (χ4n) is 2.38. The Bertz CT molecular complexity index is 992. The third-order valence-electron chi connectivity index (χ3n) is 3.72. The Hall–Kier alpha value is -3.15. The summed E-state index contributed by atoms with van der Waals surface area (Å²) >= 11 is 0. The Morgan fingerprint density at radius 1 is 1.25 bits per heavy atom. The maximum absolute atomic E-state index is 12.9. The fourth-order valence-corrected chi connectivity index (χ4v) is 3.72.